The van der Waals surface area contributed by atoms with Crippen LogP contribution in [0.4, 0.5) is 0 Å². The second kappa shape index (κ2) is 22.3. The van der Waals surface area contributed by atoms with Crippen LogP contribution in [0.5, 0.6) is 0 Å². The van der Waals surface area contributed by atoms with Crippen molar-refractivity contribution in [1.82, 2.24) is 0 Å². The molecule has 1 nitrogen and oxygen atoms in total. The summed E-state index contributed by atoms with van der Waals surface area (Å²) in [6, 6.07) is 0. The second-order valence-corrected chi connectivity index (χ2v) is 18.0. The van der Waals surface area contributed by atoms with Gasteiger partial charge in [0, 0.05) is 0 Å². The maximum absolute atomic E-state index is 9.43. The van der Waals surface area contributed by atoms with Gasteiger partial charge in [-0.25, -0.2) is 0 Å². The van der Waals surface area contributed by atoms with Gasteiger partial charge in [-0.1, -0.05) is 41.5 Å². The van der Waals surface area contributed by atoms with Crippen molar-refractivity contribution in [2.24, 2.45) is 0 Å². The monoisotopic (exact) mass is 481 g/mol. The van der Waals surface area contributed by atoms with Gasteiger partial charge in [0.15, 0.2) is 0 Å². The summed E-state index contributed by atoms with van der Waals surface area (Å²) < 4.78 is 0. The molecule has 0 heterocycles. The van der Waals surface area contributed by atoms with E-state index in [9.17, 15) is 4.79 Å². The molecule has 0 aliphatic carbocycles. The minimum atomic E-state index is -0.481. The van der Waals surface area contributed by atoms with Crippen LogP contribution in [0, 0.1) is 0 Å². The zero-order valence-corrected chi connectivity index (χ0v) is 19.1. The number of hydrogen-bond acceptors (Lipinski definition) is 1. The predicted octanol–water partition coefficient (Wildman–Crippen LogP) is 6.47. The molecule has 0 amide bonds. The normalized spacial score (nSPS) is 10.3. The molecule has 0 aromatic heterocycles. The molecule has 0 bridgehead atoms. The Morgan fingerprint density at radius 2 is 0.895 bits per heavy atom. The van der Waals surface area contributed by atoms with E-state index in [-0.39, 0.29) is 0 Å². The van der Waals surface area contributed by atoms with E-state index >= 15 is 0 Å². The van der Waals surface area contributed by atoms with Crippen LogP contribution in [0.1, 0.15) is 41.5 Å². The number of carbonyl (C=O) groups is 1. The molecule has 0 spiro atoms. The summed E-state index contributed by atoms with van der Waals surface area (Å²) in [5.74, 6) is 0. The van der Waals surface area contributed by atoms with E-state index in [1.54, 1.807) is 0 Å². The fraction of sp³-hybridized carbons (Fsp3) is 0.923. The first-order valence-corrected chi connectivity index (χ1v) is 16.0. The Kier molecular flexibility index (Phi) is 30.4. The molecular weight excluding hydrogens is 453 g/mol. The molecule has 19 heavy (non-hydrogen) atoms. The van der Waals surface area contributed by atoms with E-state index in [1.807, 2.05) is 0 Å². The summed E-state index contributed by atoms with van der Waals surface area (Å²) in [6.45, 7) is 13.7. The van der Waals surface area contributed by atoms with Crippen LogP contribution in [0.2, 0.25) is 0 Å². The summed E-state index contributed by atoms with van der Waals surface area (Å²) in [6.07, 6.45) is 8.51. The third-order valence-corrected chi connectivity index (χ3v) is 9.26. The Morgan fingerprint density at radius 3 is 0.895 bits per heavy atom. The van der Waals surface area contributed by atoms with Gasteiger partial charge in [0.25, 0.3) is 0 Å². The molecule has 0 fully saturated rings. The van der Waals surface area contributed by atoms with Crippen LogP contribution >= 0.6 is 44.3 Å². The standard InChI is InChI=1S/2C6H15P.CHO.2BrH.Ni/c2*1-4-7(5-2)6-3;1-2;;;/h2*4-6H2,1-3H3;1H;2*1H;/q;;;;;+2/p-2. The van der Waals surface area contributed by atoms with Crippen molar-refractivity contribution in [2.45, 2.75) is 41.5 Å². The Hall–Kier alpha value is 1.98. The molecule has 0 atom stereocenters. The van der Waals surface area contributed by atoms with Gasteiger partial charge in [-0.15, -0.1) is 15.8 Å². The molecule has 123 valence electrons. The van der Waals surface area contributed by atoms with Crippen LogP contribution in [0.3, 0.4) is 0 Å². The van der Waals surface area contributed by atoms with Gasteiger partial charge in [-0.05, 0) is 37.0 Å². The quantitative estimate of drug-likeness (QED) is 0.230. The van der Waals surface area contributed by atoms with Crippen LogP contribution < -0.4 is 0 Å². The molecule has 0 rings (SSSR count). The summed E-state index contributed by atoms with van der Waals surface area (Å²) in [7, 11) is 0.410. The van der Waals surface area contributed by atoms with E-state index in [0.717, 1.165) is 5.26 Å². The van der Waals surface area contributed by atoms with Gasteiger partial charge in [-0.3, -0.25) is 0 Å². The molecule has 6 heteroatoms. The molecule has 0 aromatic carbocycles. The van der Waals surface area contributed by atoms with E-state index in [4.69, 9.17) is 0 Å². The third kappa shape index (κ3) is 25.3. The van der Waals surface area contributed by atoms with Crippen molar-refractivity contribution in [3.8, 4) is 0 Å². The molecule has 0 aromatic rings. The van der Waals surface area contributed by atoms with Gasteiger partial charge in [0.2, 0.25) is 0 Å². The van der Waals surface area contributed by atoms with Gasteiger partial charge < -0.3 is 0 Å². The first-order valence-electron chi connectivity index (χ1n) is 6.80. The SMILES string of the molecule is CCP(CC)CC.CCP(CC)CC.O=[CH][Ni]([Br])[Br]. The molecule has 0 aliphatic heterocycles. The van der Waals surface area contributed by atoms with Crippen molar-refractivity contribution < 1.29 is 14.7 Å². The van der Waals surface area contributed by atoms with Crippen LogP contribution in [0.25, 0.3) is 0 Å². The molecule has 0 saturated carbocycles. The average molecular weight is 484 g/mol. The van der Waals surface area contributed by atoms with E-state index in [2.05, 4.69) is 70.0 Å². The zero-order valence-electron chi connectivity index (χ0n) is 13.2. The number of rotatable bonds is 7. The van der Waals surface area contributed by atoms with Gasteiger partial charge in [0.1, 0.15) is 0 Å². The maximum atomic E-state index is 9.43. The fourth-order valence-electron chi connectivity index (χ4n) is 1.34. The average Bonchev–Trinajstić information content (AvgIpc) is 2.44. The van der Waals surface area contributed by atoms with Crippen LogP contribution in [-0.4, -0.2) is 42.2 Å². The summed E-state index contributed by atoms with van der Waals surface area (Å²) >= 11 is 5.93. The minimum absolute atomic E-state index is 0.446. The second-order valence-electron chi connectivity index (χ2n) is 3.50. The van der Waals surface area contributed by atoms with Crippen molar-refractivity contribution in [1.29, 1.82) is 0 Å². The van der Waals surface area contributed by atoms with Crippen molar-refractivity contribution in [2.75, 3.05) is 37.0 Å². The van der Waals surface area contributed by atoms with Crippen molar-refractivity contribution >= 4 is 49.6 Å². The molecule has 0 radical (unpaired) electrons. The summed E-state index contributed by atoms with van der Waals surface area (Å²) in [4.78, 5) is 9.43. The molecule has 0 saturated heterocycles. The van der Waals surface area contributed by atoms with Crippen LogP contribution in [-0.2, 0) is 14.7 Å². The third-order valence-electron chi connectivity index (χ3n) is 2.74. The Morgan fingerprint density at radius 1 is 0.737 bits per heavy atom. The molecular formula is C13H31Br2NiOP2. The molecule has 0 N–H and O–H groups in total. The molecule has 0 aliphatic rings. The zero-order chi connectivity index (χ0) is 15.7. The summed E-state index contributed by atoms with van der Waals surface area (Å²) in [5.41, 5.74) is 0. The number of carbonyl (C=O) groups excluding carboxylic acids is 1. The fourth-order valence-corrected chi connectivity index (χ4v) is 4.02. The first-order chi connectivity index (χ1) is 8.96. The predicted molar refractivity (Wildman–Crippen MR) is 102 cm³/mol. The van der Waals surface area contributed by atoms with E-state index in [1.165, 1.54) is 37.0 Å². The topological polar surface area (TPSA) is 17.1 Å². The molecule has 0 unspecified atom stereocenters. The van der Waals surface area contributed by atoms with Gasteiger partial charge in [0.05, 0.1) is 0 Å². The Labute approximate surface area is 142 Å². The Balaban J connectivity index is -0.000000206. The number of hydrogen-bond donors (Lipinski definition) is 0. The van der Waals surface area contributed by atoms with Gasteiger partial charge in [-0.2, -0.15) is 0 Å². The van der Waals surface area contributed by atoms with E-state index in [0.29, 0.717) is 15.8 Å². The first kappa shape index (κ1) is 25.9. The van der Waals surface area contributed by atoms with Crippen molar-refractivity contribution in [3.63, 3.8) is 0 Å². The van der Waals surface area contributed by atoms with Crippen LogP contribution in [0.15, 0.2) is 0 Å². The van der Waals surface area contributed by atoms with Crippen molar-refractivity contribution in [3.05, 3.63) is 0 Å². The number of halogens is 2. The summed E-state index contributed by atoms with van der Waals surface area (Å²) in [5, 5.41) is 0.792. The Bertz CT molecular complexity index is 144. The van der Waals surface area contributed by atoms with Gasteiger partial charge >= 0.3 is 48.4 Å². The van der Waals surface area contributed by atoms with E-state index < -0.39 is 9.87 Å².